The number of rotatable bonds is 6. The topological polar surface area (TPSA) is 63.4 Å². The molecule has 0 heterocycles. The molecule has 14 heavy (non-hydrogen) atoms. The Hall–Kier alpha value is -0.130. The van der Waals surface area contributed by atoms with E-state index in [1.165, 1.54) is 19.1 Å². The minimum absolute atomic E-state index is 0.229. The van der Waals surface area contributed by atoms with E-state index in [1.807, 2.05) is 7.05 Å². The lowest BCUT2D eigenvalue weighted by molar-refractivity contribution is 0.235. The first-order chi connectivity index (χ1) is 6.44. The van der Waals surface area contributed by atoms with Gasteiger partial charge in [-0.05, 0) is 25.8 Å². The molecule has 0 aromatic carbocycles. The Morgan fingerprint density at radius 2 is 2.07 bits per heavy atom. The quantitative estimate of drug-likeness (QED) is 0.667. The second kappa shape index (κ2) is 4.59. The number of sulfone groups is 1. The maximum atomic E-state index is 11.0. The molecule has 1 rings (SSSR count). The SMILES string of the molecule is CN(CCS(C)(=O)=O)C(CN)C1CC1. The van der Waals surface area contributed by atoms with Crippen molar-refractivity contribution in [2.45, 2.75) is 18.9 Å². The molecule has 0 spiro atoms. The molecule has 0 aromatic rings. The van der Waals surface area contributed by atoms with Gasteiger partial charge in [-0.3, -0.25) is 0 Å². The zero-order valence-electron chi connectivity index (χ0n) is 8.94. The van der Waals surface area contributed by atoms with Gasteiger partial charge in [-0.1, -0.05) is 0 Å². The molecular formula is C9H20N2O2S. The Morgan fingerprint density at radius 3 is 2.43 bits per heavy atom. The minimum atomic E-state index is -2.85. The first-order valence-electron chi connectivity index (χ1n) is 5.02. The van der Waals surface area contributed by atoms with Crippen LogP contribution in [0.2, 0.25) is 0 Å². The Kier molecular flexibility index (Phi) is 3.92. The maximum absolute atomic E-state index is 11.0. The van der Waals surface area contributed by atoms with E-state index in [0.717, 1.165) is 0 Å². The Balaban J connectivity index is 2.35. The summed E-state index contributed by atoms with van der Waals surface area (Å²) >= 11 is 0. The summed E-state index contributed by atoms with van der Waals surface area (Å²) in [5.41, 5.74) is 5.66. The molecule has 5 heteroatoms. The Labute approximate surface area is 86.4 Å². The summed E-state index contributed by atoms with van der Waals surface area (Å²) in [6, 6.07) is 0.372. The van der Waals surface area contributed by atoms with Crippen LogP contribution in [0, 0.1) is 5.92 Å². The van der Waals surface area contributed by atoms with Crippen molar-refractivity contribution in [2.24, 2.45) is 11.7 Å². The summed E-state index contributed by atoms with van der Waals surface area (Å²) in [7, 11) is -0.889. The molecule has 0 bridgehead atoms. The van der Waals surface area contributed by atoms with Gasteiger partial charge in [0, 0.05) is 25.4 Å². The third-order valence-electron chi connectivity index (χ3n) is 2.79. The van der Waals surface area contributed by atoms with Gasteiger partial charge in [-0.25, -0.2) is 8.42 Å². The molecule has 84 valence electrons. The molecule has 2 N–H and O–H groups in total. The summed E-state index contributed by atoms with van der Waals surface area (Å²) in [6.07, 6.45) is 3.76. The van der Waals surface area contributed by atoms with E-state index in [-0.39, 0.29) is 5.75 Å². The Bertz CT molecular complexity index is 273. The monoisotopic (exact) mass is 220 g/mol. The standard InChI is InChI=1S/C9H20N2O2S/c1-11(5-6-14(2,12)13)9(7-10)8-3-4-8/h8-9H,3-7,10H2,1-2H3. The summed E-state index contributed by atoms with van der Waals surface area (Å²) in [5, 5.41) is 0. The van der Waals surface area contributed by atoms with E-state index in [9.17, 15) is 8.42 Å². The van der Waals surface area contributed by atoms with Crippen molar-refractivity contribution in [1.29, 1.82) is 0 Å². The third-order valence-corrected chi connectivity index (χ3v) is 3.71. The smallest absolute Gasteiger partial charge is 0.148 e. The molecule has 0 radical (unpaired) electrons. The van der Waals surface area contributed by atoms with Crippen LogP contribution in [-0.4, -0.2) is 51.5 Å². The number of hydrogen-bond donors (Lipinski definition) is 1. The number of hydrogen-bond acceptors (Lipinski definition) is 4. The highest BCUT2D eigenvalue weighted by Crippen LogP contribution is 2.34. The van der Waals surface area contributed by atoms with E-state index in [4.69, 9.17) is 5.73 Å². The summed E-state index contributed by atoms with van der Waals surface area (Å²) < 4.78 is 21.9. The Morgan fingerprint density at radius 1 is 1.50 bits per heavy atom. The average Bonchev–Trinajstić information content (AvgIpc) is 2.85. The molecule has 4 nitrogen and oxygen atoms in total. The van der Waals surface area contributed by atoms with Gasteiger partial charge < -0.3 is 10.6 Å². The predicted molar refractivity (Wildman–Crippen MR) is 57.9 cm³/mol. The number of likely N-dealkylation sites (N-methyl/N-ethyl adjacent to an activating group) is 1. The molecule has 1 aliphatic carbocycles. The molecule has 0 saturated heterocycles. The normalized spacial score (nSPS) is 20.0. The van der Waals surface area contributed by atoms with Gasteiger partial charge in [0.2, 0.25) is 0 Å². The van der Waals surface area contributed by atoms with Gasteiger partial charge in [0.05, 0.1) is 5.75 Å². The molecule has 0 aromatic heterocycles. The van der Waals surface area contributed by atoms with E-state index in [0.29, 0.717) is 25.0 Å². The highest BCUT2D eigenvalue weighted by molar-refractivity contribution is 7.90. The molecule has 1 atom stereocenters. The summed E-state index contributed by atoms with van der Waals surface area (Å²) in [5.74, 6) is 0.928. The second-order valence-electron chi connectivity index (χ2n) is 4.25. The fourth-order valence-corrected chi connectivity index (χ4v) is 2.31. The van der Waals surface area contributed by atoms with Gasteiger partial charge in [-0.15, -0.1) is 0 Å². The van der Waals surface area contributed by atoms with Crippen LogP contribution >= 0.6 is 0 Å². The molecule has 0 aliphatic heterocycles. The van der Waals surface area contributed by atoms with Crippen molar-refractivity contribution < 1.29 is 8.42 Å². The van der Waals surface area contributed by atoms with E-state index in [2.05, 4.69) is 4.90 Å². The van der Waals surface area contributed by atoms with Crippen molar-refractivity contribution in [3.63, 3.8) is 0 Å². The van der Waals surface area contributed by atoms with Crippen LogP contribution < -0.4 is 5.73 Å². The zero-order chi connectivity index (χ0) is 10.8. The van der Waals surface area contributed by atoms with Crippen LogP contribution in [-0.2, 0) is 9.84 Å². The van der Waals surface area contributed by atoms with Gasteiger partial charge in [0.25, 0.3) is 0 Å². The van der Waals surface area contributed by atoms with Crippen molar-refractivity contribution >= 4 is 9.84 Å². The maximum Gasteiger partial charge on any atom is 0.148 e. The lowest BCUT2D eigenvalue weighted by atomic mass is 10.1. The van der Waals surface area contributed by atoms with Gasteiger partial charge in [0.15, 0.2) is 0 Å². The highest BCUT2D eigenvalue weighted by atomic mass is 32.2. The van der Waals surface area contributed by atoms with Crippen molar-refractivity contribution in [2.75, 3.05) is 32.1 Å². The lowest BCUT2D eigenvalue weighted by Gasteiger charge is -2.26. The van der Waals surface area contributed by atoms with Crippen LogP contribution in [0.15, 0.2) is 0 Å². The zero-order valence-corrected chi connectivity index (χ0v) is 9.76. The molecular weight excluding hydrogens is 200 g/mol. The average molecular weight is 220 g/mol. The summed E-state index contributed by atoms with van der Waals surface area (Å²) in [6.45, 7) is 1.22. The number of nitrogens with zero attached hydrogens (tertiary/aromatic N) is 1. The minimum Gasteiger partial charge on any atom is -0.329 e. The largest absolute Gasteiger partial charge is 0.329 e. The first-order valence-corrected chi connectivity index (χ1v) is 7.08. The van der Waals surface area contributed by atoms with Gasteiger partial charge in [0.1, 0.15) is 9.84 Å². The van der Waals surface area contributed by atoms with E-state index in [1.54, 1.807) is 0 Å². The highest BCUT2D eigenvalue weighted by Gasteiger charge is 2.32. The molecule has 1 unspecified atom stereocenters. The van der Waals surface area contributed by atoms with E-state index >= 15 is 0 Å². The van der Waals surface area contributed by atoms with Crippen molar-refractivity contribution in [3.8, 4) is 0 Å². The van der Waals surface area contributed by atoms with E-state index < -0.39 is 9.84 Å². The third kappa shape index (κ3) is 3.94. The molecule has 1 aliphatic rings. The van der Waals surface area contributed by atoms with Crippen LogP contribution in [0.5, 0.6) is 0 Å². The summed E-state index contributed by atoms with van der Waals surface area (Å²) in [4.78, 5) is 2.08. The van der Waals surface area contributed by atoms with Crippen LogP contribution in [0.25, 0.3) is 0 Å². The first kappa shape index (κ1) is 11.9. The lowest BCUT2D eigenvalue weighted by Crippen LogP contribution is -2.41. The van der Waals surface area contributed by atoms with Crippen LogP contribution in [0.3, 0.4) is 0 Å². The predicted octanol–water partition coefficient (Wildman–Crippen LogP) is -0.300. The van der Waals surface area contributed by atoms with Crippen molar-refractivity contribution in [1.82, 2.24) is 4.90 Å². The van der Waals surface area contributed by atoms with Gasteiger partial charge in [-0.2, -0.15) is 0 Å². The fraction of sp³-hybridized carbons (Fsp3) is 1.00. The van der Waals surface area contributed by atoms with Crippen LogP contribution in [0.4, 0.5) is 0 Å². The van der Waals surface area contributed by atoms with Crippen LogP contribution in [0.1, 0.15) is 12.8 Å². The molecule has 1 saturated carbocycles. The second-order valence-corrected chi connectivity index (χ2v) is 6.51. The molecule has 0 amide bonds. The van der Waals surface area contributed by atoms with Crippen molar-refractivity contribution in [3.05, 3.63) is 0 Å². The van der Waals surface area contributed by atoms with Gasteiger partial charge >= 0.3 is 0 Å². The number of nitrogens with two attached hydrogens (primary N) is 1. The fourth-order valence-electron chi connectivity index (χ4n) is 1.69. The molecule has 1 fully saturated rings.